The number of nitrogens with one attached hydrogen (secondary N) is 1. The molecule has 0 fully saturated rings. The second-order valence-electron chi connectivity index (χ2n) is 8.30. The average molecular weight is 415 g/mol. The van der Waals surface area contributed by atoms with Gasteiger partial charge in [-0.3, -0.25) is 9.59 Å². The molecule has 0 heterocycles. The van der Waals surface area contributed by atoms with E-state index in [4.69, 9.17) is 11.6 Å². The number of benzene rings is 2. The monoisotopic (exact) mass is 414 g/mol. The molecule has 0 saturated carbocycles. The van der Waals surface area contributed by atoms with Crippen molar-refractivity contribution in [2.45, 2.75) is 65.1 Å². The van der Waals surface area contributed by atoms with Gasteiger partial charge in [-0.05, 0) is 56.9 Å². The molecule has 0 radical (unpaired) electrons. The van der Waals surface area contributed by atoms with Crippen LogP contribution in [0.2, 0.25) is 5.02 Å². The Hall–Kier alpha value is -2.33. The molecule has 4 nitrogen and oxygen atoms in total. The van der Waals surface area contributed by atoms with Crippen LogP contribution in [0.4, 0.5) is 0 Å². The van der Waals surface area contributed by atoms with Crippen molar-refractivity contribution in [2.24, 2.45) is 0 Å². The maximum absolute atomic E-state index is 13.2. The fourth-order valence-electron chi connectivity index (χ4n) is 3.20. The molecule has 2 amide bonds. The molecule has 0 aliphatic rings. The van der Waals surface area contributed by atoms with E-state index in [1.165, 1.54) is 0 Å². The molecule has 1 unspecified atom stereocenters. The number of aryl methyl sites for hydroxylation is 1. The molecular weight excluding hydrogens is 384 g/mol. The van der Waals surface area contributed by atoms with Crippen molar-refractivity contribution in [3.8, 4) is 0 Å². The normalized spacial score (nSPS) is 12.3. The van der Waals surface area contributed by atoms with Crippen LogP contribution in [0.5, 0.6) is 0 Å². The molecule has 2 aromatic carbocycles. The number of rotatable bonds is 8. The van der Waals surface area contributed by atoms with Gasteiger partial charge in [0.25, 0.3) is 0 Å². The van der Waals surface area contributed by atoms with Gasteiger partial charge in [-0.25, -0.2) is 0 Å². The van der Waals surface area contributed by atoms with Gasteiger partial charge in [0.05, 0.1) is 0 Å². The maximum Gasteiger partial charge on any atom is 0.243 e. The minimum atomic E-state index is -0.520. The van der Waals surface area contributed by atoms with E-state index in [2.05, 4.69) is 5.32 Å². The van der Waals surface area contributed by atoms with E-state index in [1.807, 2.05) is 70.2 Å². The molecule has 0 saturated heterocycles. The average Bonchev–Trinajstić information content (AvgIpc) is 2.67. The van der Waals surface area contributed by atoms with Crippen LogP contribution in [-0.4, -0.2) is 28.3 Å². The summed E-state index contributed by atoms with van der Waals surface area (Å²) in [6.45, 7) is 8.14. The fourth-order valence-corrected chi connectivity index (χ4v) is 3.32. The number of hydrogen-bond acceptors (Lipinski definition) is 2. The quantitative estimate of drug-likeness (QED) is 0.661. The minimum Gasteiger partial charge on any atom is -0.350 e. The van der Waals surface area contributed by atoms with E-state index in [-0.39, 0.29) is 17.4 Å². The van der Waals surface area contributed by atoms with Crippen molar-refractivity contribution in [3.63, 3.8) is 0 Å². The molecule has 5 heteroatoms. The third-order valence-electron chi connectivity index (χ3n) is 4.62. The Morgan fingerprint density at radius 2 is 1.62 bits per heavy atom. The predicted octanol–water partition coefficient (Wildman–Crippen LogP) is 4.99. The lowest BCUT2D eigenvalue weighted by Gasteiger charge is -2.33. The topological polar surface area (TPSA) is 49.4 Å². The number of hydrogen-bond donors (Lipinski definition) is 1. The Labute approximate surface area is 179 Å². The lowest BCUT2D eigenvalue weighted by Crippen LogP contribution is -2.53. The summed E-state index contributed by atoms with van der Waals surface area (Å²) < 4.78 is 0. The SMILES string of the molecule is CCC(C(=O)NC(C)(C)C)N(Cc1ccc(Cl)cc1)C(=O)CCc1ccccc1. The molecule has 0 spiro atoms. The van der Waals surface area contributed by atoms with Crippen LogP contribution in [-0.2, 0) is 22.6 Å². The zero-order valence-corrected chi connectivity index (χ0v) is 18.5. The van der Waals surface area contributed by atoms with E-state index in [9.17, 15) is 9.59 Å². The van der Waals surface area contributed by atoms with E-state index in [1.54, 1.807) is 17.0 Å². The summed E-state index contributed by atoms with van der Waals surface area (Å²) in [5.41, 5.74) is 1.70. The number of carbonyl (C=O) groups is 2. The summed E-state index contributed by atoms with van der Waals surface area (Å²) in [7, 11) is 0. The van der Waals surface area contributed by atoms with E-state index in [0.29, 0.717) is 30.8 Å². The fraction of sp³-hybridized carbons (Fsp3) is 0.417. The third-order valence-corrected chi connectivity index (χ3v) is 4.87. The molecule has 1 atom stereocenters. The molecule has 0 aliphatic carbocycles. The molecule has 0 aliphatic heterocycles. The van der Waals surface area contributed by atoms with Crippen LogP contribution in [0.25, 0.3) is 0 Å². The number of amides is 2. The summed E-state index contributed by atoms with van der Waals surface area (Å²) in [5.74, 6) is -0.151. The smallest absolute Gasteiger partial charge is 0.243 e. The highest BCUT2D eigenvalue weighted by molar-refractivity contribution is 6.30. The van der Waals surface area contributed by atoms with Crippen LogP contribution in [0, 0.1) is 0 Å². The molecule has 0 aromatic heterocycles. The molecule has 156 valence electrons. The minimum absolute atomic E-state index is 0.0280. The van der Waals surface area contributed by atoms with Gasteiger partial charge in [-0.2, -0.15) is 0 Å². The zero-order chi connectivity index (χ0) is 21.4. The zero-order valence-electron chi connectivity index (χ0n) is 17.7. The highest BCUT2D eigenvalue weighted by atomic mass is 35.5. The lowest BCUT2D eigenvalue weighted by molar-refractivity contribution is -0.142. The molecule has 2 aromatic rings. The lowest BCUT2D eigenvalue weighted by atomic mass is 10.0. The summed E-state index contributed by atoms with van der Waals surface area (Å²) in [5, 5.41) is 3.67. The molecular formula is C24H31ClN2O2. The van der Waals surface area contributed by atoms with E-state index in [0.717, 1.165) is 11.1 Å². The van der Waals surface area contributed by atoms with Gasteiger partial charge >= 0.3 is 0 Å². The summed E-state index contributed by atoms with van der Waals surface area (Å²) in [4.78, 5) is 27.8. The Kier molecular flexibility index (Phi) is 8.27. The van der Waals surface area contributed by atoms with Crippen LogP contribution < -0.4 is 5.32 Å². The van der Waals surface area contributed by atoms with Crippen molar-refractivity contribution >= 4 is 23.4 Å². The van der Waals surface area contributed by atoms with Crippen LogP contribution in [0.3, 0.4) is 0 Å². The molecule has 1 N–H and O–H groups in total. The van der Waals surface area contributed by atoms with Crippen LogP contribution in [0.15, 0.2) is 54.6 Å². The Morgan fingerprint density at radius 1 is 1.00 bits per heavy atom. The highest BCUT2D eigenvalue weighted by Crippen LogP contribution is 2.17. The van der Waals surface area contributed by atoms with Gasteiger partial charge in [0.15, 0.2) is 0 Å². The van der Waals surface area contributed by atoms with Gasteiger partial charge in [-0.1, -0.05) is 61.0 Å². The van der Waals surface area contributed by atoms with E-state index >= 15 is 0 Å². The molecule has 29 heavy (non-hydrogen) atoms. The number of carbonyl (C=O) groups excluding carboxylic acids is 2. The van der Waals surface area contributed by atoms with Crippen molar-refractivity contribution in [1.82, 2.24) is 10.2 Å². The highest BCUT2D eigenvalue weighted by Gasteiger charge is 2.30. The van der Waals surface area contributed by atoms with Crippen LogP contribution >= 0.6 is 11.6 Å². The van der Waals surface area contributed by atoms with Gasteiger partial charge in [0.1, 0.15) is 6.04 Å². The second-order valence-corrected chi connectivity index (χ2v) is 8.73. The van der Waals surface area contributed by atoms with Crippen molar-refractivity contribution in [2.75, 3.05) is 0 Å². The summed E-state index contributed by atoms with van der Waals surface area (Å²) in [6, 6.07) is 16.8. The number of nitrogens with zero attached hydrogens (tertiary/aromatic N) is 1. The van der Waals surface area contributed by atoms with Gasteiger partial charge < -0.3 is 10.2 Å². The standard InChI is InChI=1S/C24H31ClN2O2/c1-5-21(23(29)26-24(2,3)4)27(17-19-11-14-20(25)15-12-19)22(28)16-13-18-9-7-6-8-10-18/h6-12,14-15,21H,5,13,16-17H2,1-4H3,(H,26,29). The van der Waals surface area contributed by atoms with Gasteiger partial charge in [0, 0.05) is 23.5 Å². The number of halogens is 1. The predicted molar refractivity (Wildman–Crippen MR) is 119 cm³/mol. The largest absolute Gasteiger partial charge is 0.350 e. The van der Waals surface area contributed by atoms with E-state index < -0.39 is 6.04 Å². The Bertz CT molecular complexity index is 798. The first kappa shape index (κ1) is 23.0. The Balaban J connectivity index is 2.21. The van der Waals surface area contributed by atoms with Crippen molar-refractivity contribution in [3.05, 3.63) is 70.7 Å². The maximum atomic E-state index is 13.2. The first-order chi connectivity index (χ1) is 13.7. The third kappa shape index (κ3) is 7.54. The second kappa shape index (κ2) is 10.4. The summed E-state index contributed by atoms with van der Waals surface area (Å²) in [6.07, 6.45) is 1.55. The van der Waals surface area contributed by atoms with Gasteiger partial charge in [-0.15, -0.1) is 0 Å². The van der Waals surface area contributed by atoms with Crippen molar-refractivity contribution < 1.29 is 9.59 Å². The first-order valence-electron chi connectivity index (χ1n) is 10.1. The van der Waals surface area contributed by atoms with Crippen LogP contribution in [0.1, 0.15) is 51.7 Å². The van der Waals surface area contributed by atoms with Crippen molar-refractivity contribution in [1.29, 1.82) is 0 Å². The Morgan fingerprint density at radius 3 is 2.17 bits per heavy atom. The molecule has 0 bridgehead atoms. The first-order valence-corrected chi connectivity index (χ1v) is 10.5. The molecule has 2 rings (SSSR count). The van der Waals surface area contributed by atoms with Gasteiger partial charge in [0.2, 0.25) is 11.8 Å². The summed E-state index contributed by atoms with van der Waals surface area (Å²) >= 11 is 6.00.